The molecule has 0 aliphatic heterocycles. The van der Waals surface area contributed by atoms with Gasteiger partial charge in [-0.05, 0) is 56.9 Å². The number of Topliss-reactive ketones (excluding diaryl/α,β-unsaturated/α-hetero) is 1. The fourth-order valence-electron chi connectivity index (χ4n) is 3.51. The van der Waals surface area contributed by atoms with Crippen LogP contribution >= 0.6 is 11.8 Å². The summed E-state index contributed by atoms with van der Waals surface area (Å²) in [5.74, 6) is 0.266. The maximum atomic E-state index is 12.6. The van der Waals surface area contributed by atoms with Gasteiger partial charge in [-0.1, -0.05) is 35.5 Å². The monoisotopic (exact) mass is 406 g/mol. The quantitative estimate of drug-likeness (QED) is 0.276. The Hall–Kier alpha value is -2.86. The van der Waals surface area contributed by atoms with Crippen LogP contribution in [0, 0.1) is 6.92 Å². The van der Waals surface area contributed by atoms with Crippen molar-refractivity contribution in [3.8, 4) is 22.9 Å². The van der Waals surface area contributed by atoms with E-state index >= 15 is 0 Å². The molecule has 2 N–H and O–H groups in total. The first-order valence-electron chi connectivity index (χ1n) is 9.66. The number of aryl methyl sites for hydroxylation is 2. The van der Waals surface area contributed by atoms with Crippen molar-refractivity contribution < 1.29 is 15.0 Å². The van der Waals surface area contributed by atoms with E-state index < -0.39 is 0 Å². The second kappa shape index (κ2) is 8.25. The highest BCUT2D eigenvalue weighted by Gasteiger charge is 2.20. The number of hydrogen-bond acceptors (Lipinski definition) is 6. The van der Waals surface area contributed by atoms with Crippen molar-refractivity contribution in [2.45, 2.75) is 37.6 Å². The highest BCUT2D eigenvalue weighted by atomic mass is 32.2. The summed E-state index contributed by atoms with van der Waals surface area (Å²) >= 11 is 1.42. The highest BCUT2D eigenvalue weighted by Crippen LogP contribution is 2.32. The van der Waals surface area contributed by atoms with Gasteiger partial charge in [0, 0.05) is 22.4 Å². The Labute approximate surface area is 173 Å². The first-order chi connectivity index (χ1) is 14.0. The molecule has 0 radical (unpaired) electrons. The minimum absolute atomic E-state index is 0.120. The number of aromatic hydroxyl groups is 2. The van der Waals surface area contributed by atoms with Crippen LogP contribution in [0.2, 0.25) is 0 Å². The van der Waals surface area contributed by atoms with Crippen molar-refractivity contribution in [2.24, 2.45) is 0 Å². The van der Waals surface area contributed by atoms with Gasteiger partial charge in [0.15, 0.2) is 23.1 Å². The Morgan fingerprint density at radius 1 is 1.03 bits per heavy atom. The van der Waals surface area contributed by atoms with E-state index in [1.807, 2.05) is 25.1 Å². The lowest BCUT2D eigenvalue weighted by Gasteiger charge is -2.19. The zero-order valence-corrected chi connectivity index (χ0v) is 17.0. The van der Waals surface area contributed by atoms with Gasteiger partial charge in [0.25, 0.3) is 0 Å². The van der Waals surface area contributed by atoms with Gasteiger partial charge in [0.2, 0.25) is 0 Å². The summed E-state index contributed by atoms with van der Waals surface area (Å²) in [6.45, 7) is 2.04. The molecule has 5 nitrogen and oxygen atoms in total. The standard InChI is InChI=1S/C23H22N2O3S/c1-14-5-4-6-16(11-14)22-24-18-8-3-2-7-17(18)23(25-22)29-13-21(28)15-9-10-19(26)20(27)12-15/h4-6,9-12,26-27H,2-3,7-8,13H2,1H3. The number of ketones is 1. The molecular weight excluding hydrogens is 384 g/mol. The molecule has 0 unspecified atom stereocenters. The van der Waals surface area contributed by atoms with Crippen molar-refractivity contribution in [1.82, 2.24) is 9.97 Å². The molecule has 148 valence electrons. The summed E-state index contributed by atoms with van der Waals surface area (Å²) in [7, 11) is 0. The van der Waals surface area contributed by atoms with E-state index in [0.717, 1.165) is 53.1 Å². The largest absolute Gasteiger partial charge is 0.504 e. The number of carbonyl (C=O) groups excluding carboxylic acids is 1. The lowest BCUT2D eigenvalue weighted by atomic mass is 9.97. The summed E-state index contributed by atoms with van der Waals surface area (Å²) in [4.78, 5) is 22.2. The van der Waals surface area contributed by atoms with Crippen LogP contribution < -0.4 is 0 Å². The second-order valence-electron chi connectivity index (χ2n) is 7.27. The topological polar surface area (TPSA) is 83.3 Å². The van der Waals surface area contributed by atoms with Gasteiger partial charge >= 0.3 is 0 Å². The molecule has 0 amide bonds. The average Bonchev–Trinajstić information content (AvgIpc) is 2.73. The minimum atomic E-state index is -0.290. The molecule has 0 saturated carbocycles. The SMILES string of the molecule is Cc1cccc(-c2nc3c(c(SCC(=O)c4ccc(O)c(O)c4)n2)CCCC3)c1. The first-order valence-corrected chi connectivity index (χ1v) is 10.6. The van der Waals surface area contributed by atoms with E-state index in [1.54, 1.807) is 0 Å². The Morgan fingerprint density at radius 2 is 1.86 bits per heavy atom. The van der Waals surface area contributed by atoms with E-state index in [2.05, 4.69) is 6.07 Å². The molecule has 4 rings (SSSR count). The Kier molecular flexibility index (Phi) is 5.53. The van der Waals surface area contributed by atoms with Crippen LogP contribution in [-0.2, 0) is 12.8 Å². The van der Waals surface area contributed by atoms with Crippen LogP contribution in [0.1, 0.15) is 40.0 Å². The number of rotatable bonds is 5. The smallest absolute Gasteiger partial charge is 0.173 e. The van der Waals surface area contributed by atoms with Crippen LogP contribution in [-0.4, -0.2) is 31.7 Å². The lowest BCUT2D eigenvalue weighted by Crippen LogP contribution is -2.11. The number of hydrogen-bond donors (Lipinski definition) is 2. The van der Waals surface area contributed by atoms with E-state index in [1.165, 1.54) is 30.0 Å². The molecule has 3 aromatic rings. The number of phenols is 2. The van der Waals surface area contributed by atoms with Gasteiger partial charge in [-0.3, -0.25) is 4.79 Å². The van der Waals surface area contributed by atoms with Gasteiger partial charge < -0.3 is 10.2 Å². The molecule has 2 aromatic carbocycles. The van der Waals surface area contributed by atoms with Crippen molar-refractivity contribution >= 4 is 17.5 Å². The number of aromatic nitrogens is 2. The summed E-state index contributed by atoms with van der Waals surface area (Å²) in [5.41, 5.74) is 4.74. The molecule has 0 fully saturated rings. The maximum Gasteiger partial charge on any atom is 0.173 e. The Morgan fingerprint density at radius 3 is 2.66 bits per heavy atom. The highest BCUT2D eigenvalue weighted by molar-refractivity contribution is 8.00. The summed E-state index contributed by atoms with van der Waals surface area (Å²) in [6, 6.07) is 12.3. The zero-order valence-electron chi connectivity index (χ0n) is 16.2. The number of benzene rings is 2. The predicted molar refractivity (Wildman–Crippen MR) is 114 cm³/mol. The molecule has 0 spiro atoms. The number of phenolic OH excluding ortho intramolecular Hbond substituents is 2. The fourth-order valence-corrected chi connectivity index (χ4v) is 4.49. The molecule has 29 heavy (non-hydrogen) atoms. The van der Waals surface area contributed by atoms with Crippen LogP contribution in [0.15, 0.2) is 47.5 Å². The van der Waals surface area contributed by atoms with E-state index in [4.69, 9.17) is 9.97 Å². The predicted octanol–water partition coefficient (Wildman–Crippen LogP) is 4.72. The molecular formula is C23H22N2O3S. The Balaban J connectivity index is 1.62. The third-order valence-corrected chi connectivity index (χ3v) is 6.08. The summed E-state index contributed by atoms with van der Waals surface area (Å²) in [6.07, 6.45) is 4.09. The van der Waals surface area contributed by atoms with Crippen LogP contribution in [0.25, 0.3) is 11.4 Å². The van der Waals surface area contributed by atoms with E-state index in [0.29, 0.717) is 11.4 Å². The zero-order chi connectivity index (χ0) is 20.4. The van der Waals surface area contributed by atoms with Crippen molar-refractivity contribution in [3.05, 3.63) is 64.8 Å². The number of thioether (sulfide) groups is 1. The van der Waals surface area contributed by atoms with Crippen molar-refractivity contribution in [2.75, 3.05) is 5.75 Å². The number of fused-ring (bicyclic) bond motifs is 1. The summed E-state index contributed by atoms with van der Waals surface area (Å²) < 4.78 is 0. The van der Waals surface area contributed by atoms with Crippen molar-refractivity contribution in [3.63, 3.8) is 0 Å². The molecule has 6 heteroatoms. The maximum absolute atomic E-state index is 12.6. The fraction of sp³-hybridized carbons (Fsp3) is 0.261. The van der Waals surface area contributed by atoms with Gasteiger partial charge in [0.05, 0.1) is 5.75 Å². The number of nitrogens with zero attached hydrogens (tertiary/aromatic N) is 2. The van der Waals surface area contributed by atoms with Gasteiger partial charge in [-0.25, -0.2) is 9.97 Å². The van der Waals surface area contributed by atoms with Crippen LogP contribution in [0.3, 0.4) is 0 Å². The Bertz CT molecular complexity index is 1080. The van der Waals surface area contributed by atoms with Crippen LogP contribution in [0.4, 0.5) is 0 Å². The first kappa shape index (κ1) is 19.5. The van der Waals surface area contributed by atoms with Crippen molar-refractivity contribution in [1.29, 1.82) is 0 Å². The minimum Gasteiger partial charge on any atom is -0.504 e. The third-order valence-electron chi connectivity index (χ3n) is 5.06. The molecule has 1 heterocycles. The average molecular weight is 407 g/mol. The molecule has 1 aliphatic rings. The number of carbonyl (C=O) groups is 1. The van der Waals surface area contributed by atoms with Gasteiger partial charge in [-0.15, -0.1) is 0 Å². The second-order valence-corrected chi connectivity index (χ2v) is 8.23. The van der Waals surface area contributed by atoms with Gasteiger partial charge in [-0.2, -0.15) is 0 Å². The lowest BCUT2D eigenvalue weighted by molar-refractivity contribution is 0.102. The molecule has 0 bridgehead atoms. The van der Waals surface area contributed by atoms with E-state index in [9.17, 15) is 15.0 Å². The third kappa shape index (κ3) is 4.27. The summed E-state index contributed by atoms with van der Waals surface area (Å²) in [5, 5.41) is 20.0. The molecule has 1 aliphatic carbocycles. The molecule has 1 aromatic heterocycles. The molecule has 0 atom stereocenters. The normalized spacial score (nSPS) is 13.1. The molecule has 0 saturated heterocycles. The van der Waals surface area contributed by atoms with Crippen LogP contribution in [0.5, 0.6) is 11.5 Å². The van der Waals surface area contributed by atoms with E-state index in [-0.39, 0.29) is 23.0 Å². The van der Waals surface area contributed by atoms with Gasteiger partial charge in [0.1, 0.15) is 5.03 Å².